The standard InChI is InChI=1S/C19H22F3N3O4S/c1-13(20)11-14(3-2-6-23-30(28)29)18(26)24-7-9-25(10-8-24)19(27)15-4-5-16(21)17(22)12-15/h2-5,11-13,23H,6-10H2,1H3,(H,28,29)/p-1. The zero-order valence-corrected chi connectivity index (χ0v) is 17.0. The van der Waals surface area contributed by atoms with Crippen molar-refractivity contribution < 1.29 is 31.5 Å². The Bertz CT molecular complexity index is 869. The molecule has 2 amide bonds. The van der Waals surface area contributed by atoms with Gasteiger partial charge in [0.1, 0.15) is 6.17 Å². The lowest BCUT2D eigenvalue weighted by molar-refractivity contribution is -0.128. The summed E-state index contributed by atoms with van der Waals surface area (Å²) in [5.74, 6) is -3.11. The Morgan fingerprint density at radius 1 is 1.20 bits per heavy atom. The van der Waals surface area contributed by atoms with Crippen molar-refractivity contribution in [1.82, 2.24) is 14.5 Å². The highest BCUT2D eigenvalue weighted by molar-refractivity contribution is 7.77. The van der Waals surface area contributed by atoms with E-state index in [1.165, 1.54) is 34.9 Å². The maximum absolute atomic E-state index is 13.4. The van der Waals surface area contributed by atoms with Gasteiger partial charge in [-0.05, 0) is 31.2 Å². The number of alkyl halides is 1. The number of allylic oxidation sites excluding steroid dienone is 1. The Labute approximate surface area is 174 Å². The minimum Gasteiger partial charge on any atom is -0.760 e. The van der Waals surface area contributed by atoms with Crippen LogP contribution in [0, 0.1) is 11.6 Å². The van der Waals surface area contributed by atoms with Crippen molar-refractivity contribution in [3.05, 3.63) is 59.2 Å². The zero-order valence-electron chi connectivity index (χ0n) is 16.1. The summed E-state index contributed by atoms with van der Waals surface area (Å²) in [4.78, 5) is 28.0. The smallest absolute Gasteiger partial charge is 0.254 e. The molecule has 164 valence electrons. The van der Waals surface area contributed by atoms with E-state index in [0.717, 1.165) is 18.2 Å². The summed E-state index contributed by atoms with van der Waals surface area (Å²) in [7, 11) is 0. The van der Waals surface area contributed by atoms with Gasteiger partial charge in [-0.3, -0.25) is 13.8 Å². The van der Waals surface area contributed by atoms with Gasteiger partial charge in [0.2, 0.25) is 0 Å². The second kappa shape index (κ2) is 11.0. The molecule has 1 aliphatic heterocycles. The van der Waals surface area contributed by atoms with Gasteiger partial charge >= 0.3 is 0 Å². The number of carbonyl (C=O) groups is 2. The van der Waals surface area contributed by atoms with Crippen LogP contribution in [0.4, 0.5) is 13.2 Å². The van der Waals surface area contributed by atoms with Crippen LogP contribution in [0.25, 0.3) is 0 Å². The molecule has 1 heterocycles. The molecule has 2 unspecified atom stereocenters. The Balaban J connectivity index is 2.00. The largest absolute Gasteiger partial charge is 0.760 e. The SMILES string of the molecule is CC(F)C=C(C=CCNS(=O)[O-])C(=O)N1CCN(C(=O)c2ccc(F)c(F)c2)CC1. The van der Waals surface area contributed by atoms with Gasteiger partial charge in [-0.2, -0.15) is 0 Å². The van der Waals surface area contributed by atoms with E-state index in [9.17, 15) is 31.5 Å². The molecular weight excluding hydrogens is 423 g/mol. The molecule has 1 fully saturated rings. The van der Waals surface area contributed by atoms with E-state index in [4.69, 9.17) is 0 Å². The highest BCUT2D eigenvalue weighted by Gasteiger charge is 2.26. The molecule has 11 heteroatoms. The van der Waals surface area contributed by atoms with Crippen LogP contribution in [0.1, 0.15) is 17.3 Å². The second-order valence-corrected chi connectivity index (χ2v) is 7.26. The molecule has 1 aliphatic rings. The molecule has 1 aromatic rings. The number of hydrogen-bond acceptors (Lipinski definition) is 4. The maximum atomic E-state index is 13.4. The van der Waals surface area contributed by atoms with Crippen molar-refractivity contribution in [2.24, 2.45) is 0 Å². The van der Waals surface area contributed by atoms with Crippen molar-refractivity contribution in [2.45, 2.75) is 13.1 Å². The van der Waals surface area contributed by atoms with E-state index in [2.05, 4.69) is 4.72 Å². The Morgan fingerprint density at radius 3 is 2.40 bits per heavy atom. The summed E-state index contributed by atoms with van der Waals surface area (Å²) in [5.41, 5.74) is 0.0653. The predicted molar refractivity (Wildman–Crippen MR) is 104 cm³/mol. The van der Waals surface area contributed by atoms with Gasteiger partial charge in [0.15, 0.2) is 11.6 Å². The van der Waals surface area contributed by atoms with Gasteiger partial charge in [-0.25, -0.2) is 17.9 Å². The van der Waals surface area contributed by atoms with Crippen LogP contribution in [0.15, 0.2) is 42.0 Å². The van der Waals surface area contributed by atoms with Crippen LogP contribution in [-0.4, -0.2) is 69.3 Å². The van der Waals surface area contributed by atoms with Crippen LogP contribution in [0.5, 0.6) is 0 Å². The molecule has 1 N–H and O–H groups in total. The molecule has 2 atom stereocenters. The van der Waals surface area contributed by atoms with E-state index in [1.54, 1.807) is 0 Å². The summed E-state index contributed by atoms with van der Waals surface area (Å²) >= 11 is -2.46. The number of rotatable bonds is 7. The van der Waals surface area contributed by atoms with E-state index in [1.807, 2.05) is 0 Å². The van der Waals surface area contributed by atoms with Crippen LogP contribution >= 0.6 is 0 Å². The first kappa shape index (κ1) is 23.8. The molecule has 0 spiro atoms. The van der Waals surface area contributed by atoms with Gasteiger partial charge in [0.25, 0.3) is 11.8 Å². The molecular formula is C19H21F3N3O4S-. The van der Waals surface area contributed by atoms with E-state index in [-0.39, 0.29) is 43.9 Å². The third kappa shape index (κ3) is 6.78. The molecule has 7 nitrogen and oxygen atoms in total. The monoisotopic (exact) mass is 444 g/mol. The fourth-order valence-electron chi connectivity index (χ4n) is 2.85. The average Bonchev–Trinajstić information content (AvgIpc) is 2.71. The number of hydrogen-bond donors (Lipinski definition) is 1. The summed E-state index contributed by atoms with van der Waals surface area (Å²) < 4.78 is 62.9. The number of amides is 2. The lowest BCUT2D eigenvalue weighted by Crippen LogP contribution is -2.50. The van der Waals surface area contributed by atoms with Crippen molar-refractivity contribution in [3.8, 4) is 0 Å². The number of carbonyl (C=O) groups excluding carboxylic acids is 2. The van der Waals surface area contributed by atoms with Crippen molar-refractivity contribution in [1.29, 1.82) is 0 Å². The van der Waals surface area contributed by atoms with E-state index < -0.39 is 40.9 Å². The fraction of sp³-hybridized carbons (Fsp3) is 0.368. The molecule has 0 aromatic heterocycles. The Morgan fingerprint density at radius 2 is 1.83 bits per heavy atom. The summed E-state index contributed by atoms with van der Waals surface area (Å²) in [6.07, 6.45) is 2.43. The summed E-state index contributed by atoms with van der Waals surface area (Å²) in [6, 6.07) is 2.89. The van der Waals surface area contributed by atoms with Crippen molar-refractivity contribution in [2.75, 3.05) is 32.7 Å². The average molecular weight is 444 g/mol. The first-order valence-electron chi connectivity index (χ1n) is 9.08. The normalized spacial score (nSPS) is 17.3. The van der Waals surface area contributed by atoms with Crippen LogP contribution in [-0.2, 0) is 16.1 Å². The maximum Gasteiger partial charge on any atom is 0.254 e. The first-order chi connectivity index (χ1) is 14.2. The van der Waals surface area contributed by atoms with Gasteiger partial charge in [-0.1, -0.05) is 12.2 Å². The summed E-state index contributed by atoms with van der Waals surface area (Å²) in [5, 5.41) is 0. The van der Waals surface area contributed by atoms with Gasteiger partial charge in [0.05, 0.1) is 0 Å². The number of benzene rings is 1. The number of piperazine rings is 1. The van der Waals surface area contributed by atoms with Gasteiger partial charge < -0.3 is 14.4 Å². The first-order valence-corrected chi connectivity index (χ1v) is 10.2. The predicted octanol–water partition coefficient (Wildman–Crippen LogP) is 1.47. The molecule has 1 saturated heterocycles. The molecule has 1 aromatic carbocycles. The third-order valence-electron chi connectivity index (χ3n) is 4.29. The molecule has 0 saturated carbocycles. The third-order valence-corrected chi connectivity index (χ3v) is 4.70. The van der Waals surface area contributed by atoms with E-state index in [0.29, 0.717) is 0 Å². The molecule has 30 heavy (non-hydrogen) atoms. The minimum absolute atomic E-state index is 0.00621. The lowest BCUT2D eigenvalue weighted by Gasteiger charge is -2.35. The number of nitrogens with one attached hydrogen (secondary N) is 1. The van der Waals surface area contributed by atoms with Crippen molar-refractivity contribution >= 4 is 23.1 Å². The van der Waals surface area contributed by atoms with Crippen LogP contribution in [0.2, 0.25) is 0 Å². The fourth-order valence-corrected chi connectivity index (χ4v) is 3.09. The number of nitrogens with zero attached hydrogens (tertiary/aromatic N) is 2. The van der Waals surface area contributed by atoms with Gasteiger partial charge in [0, 0.05) is 55.1 Å². The minimum atomic E-state index is -2.46. The van der Waals surface area contributed by atoms with Gasteiger partial charge in [-0.15, -0.1) is 0 Å². The molecule has 0 aliphatic carbocycles. The number of halogens is 3. The quantitative estimate of drug-likeness (QED) is 0.392. The lowest BCUT2D eigenvalue weighted by atomic mass is 10.1. The molecule has 2 rings (SSSR count). The highest BCUT2D eigenvalue weighted by atomic mass is 32.2. The molecule has 0 bridgehead atoms. The molecule has 0 radical (unpaired) electrons. The Kier molecular flexibility index (Phi) is 8.75. The highest BCUT2D eigenvalue weighted by Crippen LogP contribution is 2.15. The summed E-state index contributed by atoms with van der Waals surface area (Å²) in [6.45, 7) is 1.87. The Hall–Kier alpha value is -2.50. The van der Waals surface area contributed by atoms with Crippen LogP contribution in [0.3, 0.4) is 0 Å². The van der Waals surface area contributed by atoms with E-state index >= 15 is 0 Å². The van der Waals surface area contributed by atoms with Crippen molar-refractivity contribution in [3.63, 3.8) is 0 Å². The topological polar surface area (TPSA) is 92.8 Å². The van der Waals surface area contributed by atoms with Crippen LogP contribution < -0.4 is 4.72 Å². The second-order valence-electron chi connectivity index (χ2n) is 6.50. The zero-order chi connectivity index (χ0) is 22.3.